The van der Waals surface area contributed by atoms with Crippen molar-refractivity contribution in [1.29, 1.82) is 0 Å². The summed E-state index contributed by atoms with van der Waals surface area (Å²) in [5.41, 5.74) is 3.64. The standard InChI is InChI=1S/C29H38FNO4/c1-5-34-27(33)14-13-22-11-8-12-26(30)28(22)20(2)35-19-25(32)18-31-29(3,4)17-21-15-23-9-6-7-10-24(23)16-21/h6-14,20-21,25,31-32H,5,15-19H2,1-4H3/b14-13+/t20?,25-/m1/s1. The maximum absolute atomic E-state index is 14.6. The van der Waals surface area contributed by atoms with Crippen LogP contribution in [-0.2, 0) is 27.1 Å². The van der Waals surface area contributed by atoms with Crippen molar-refractivity contribution in [1.82, 2.24) is 5.32 Å². The van der Waals surface area contributed by atoms with Crippen molar-refractivity contribution >= 4 is 12.0 Å². The summed E-state index contributed by atoms with van der Waals surface area (Å²) in [6, 6.07) is 13.3. The maximum Gasteiger partial charge on any atom is 0.330 e. The molecule has 2 atom stereocenters. The van der Waals surface area contributed by atoms with E-state index in [0.717, 1.165) is 19.3 Å². The summed E-state index contributed by atoms with van der Waals surface area (Å²) in [4.78, 5) is 11.6. The Balaban J connectivity index is 1.49. The van der Waals surface area contributed by atoms with Gasteiger partial charge in [-0.05, 0) is 81.7 Å². The second-order valence-electron chi connectivity index (χ2n) is 9.97. The molecule has 0 bridgehead atoms. The molecule has 35 heavy (non-hydrogen) atoms. The van der Waals surface area contributed by atoms with Crippen LogP contribution in [-0.4, -0.2) is 42.5 Å². The third-order valence-corrected chi connectivity index (χ3v) is 6.47. The van der Waals surface area contributed by atoms with Crippen LogP contribution in [0.4, 0.5) is 4.39 Å². The normalized spacial score (nSPS) is 15.8. The predicted molar refractivity (Wildman–Crippen MR) is 136 cm³/mol. The van der Waals surface area contributed by atoms with Gasteiger partial charge in [-0.25, -0.2) is 9.18 Å². The predicted octanol–water partition coefficient (Wildman–Crippen LogP) is 5.01. The first-order valence-corrected chi connectivity index (χ1v) is 12.4. The van der Waals surface area contributed by atoms with E-state index < -0.39 is 24.0 Å². The van der Waals surface area contributed by atoms with E-state index in [1.54, 1.807) is 26.0 Å². The summed E-state index contributed by atoms with van der Waals surface area (Å²) in [5.74, 6) is -0.317. The topological polar surface area (TPSA) is 67.8 Å². The molecule has 2 aromatic carbocycles. The van der Waals surface area contributed by atoms with Crippen LogP contribution in [0, 0.1) is 11.7 Å². The monoisotopic (exact) mass is 483 g/mol. The average Bonchev–Trinajstić information content (AvgIpc) is 3.21. The van der Waals surface area contributed by atoms with Gasteiger partial charge in [-0.2, -0.15) is 0 Å². The Hall–Kier alpha value is -2.54. The molecule has 1 aliphatic rings. The molecular weight excluding hydrogens is 445 g/mol. The summed E-state index contributed by atoms with van der Waals surface area (Å²) in [7, 11) is 0. The number of fused-ring (bicyclic) bond motifs is 1. The number of nitrogens with one attached hydrogen (secondary N) is 1. The molecule has 0 saturated carbocycles. The van der Waals surface area contributed by atoms with Gasteiger partial charge in [-0.3, -0.25) is 0 Å². The van der Waals surface area contributed by atoms with Crippen molar-refractivity contribution in [2.45, 2.75) is 64.7 Å². The number of aliphatic hydroxyl groups is 1. The summed E-state index contributed by atoms with van der Waals surface area (Å²) in [6.45, 7) is 8.50. The van der Waals surface area contributed by atoms with Gasteiger partial charge in [0.2, 0.25) is 0 Å². The summed E-state index contributed by atoms with van der Waals surface area (Å²) in [5, 5.41) is 14.0. The Morgan fingerprint density at radius 3 is 2.54 bits per heavy atom. The first-order valence-electron chi connectivity index (χ1n) is 12.4. The fourth-order valence-corrected chi connectivity index (χ4v) is 4.86. The zero-order chi connectivity index (χ0) is 25.4. The molecule has 1 unspecified atom stereocenters. The summed E-state index contributed by atoms with van der Waals surface area (Å²) >= 11 is 0. The van der Waals surface area contributed by atoms with Gasteiger partial charge in [0.05, 0.1) is 25.4 Å². The molecule has 0 fully saturated rings. The first-order chi connectivity index (χ1) is 16.7. The van der Waals surface area contributed by atoms with Crippen molar-refractivity contribution < 1.29 is 23.8 Å². The molecule has 1 aliphatic carbocycles. The van der Waals surface area contributed by atoms with Crippen molar-refractivity contribution in [3.63, 3.8) is 0 Å². The zero-order valence-corrected chi connectivity index (χ0v) is 21.2. The lowest BCUT2D eigenvalue weighted by atomic mass is 9.88. The molecule has 0 aliphatic heterocycles. The van der Waals surface area contributed by atoms with Crippen LogP contribution < -0.4 is 5.32 Å². The van der Waals surface area contributed by atoms with Gasteiger partial charge in [-0.1, -0.05) is 36.4 Å². The van der Waals surface area contributed by atoms with E-state index in [2.05, 4.69) is 43.4 Å². The van der Waals surface area contributed by atoms with Crippen LogP contribution in [0.2, 0.25) is 0 Å². The molecule has 0 heterocycles. The summed E-state index contributed by atoms with van der Waals surface area (Å²) in [6.07, 6.45) is 4.67. The molecule has 2 N–H and O–H groups in total. The SMILES string of the molecule is CCOC(=O)/C=C/c1cccc(F)c1C(C)OC[C@H](O)CNC(C)(C)CC1Cc2ccccc2C1. The van der Waals surface area contributed by atoms with Crippen LogP contribution in [0.25, 0.3) is 6.08 Å². The number of rotatable bonds is 12. The number of benzene rings is 2. The number of hydrogen-bond acceptors (Lipinski definition) is 5. The second-order valence-corrected chi connectivity index (χ2v) is 9.97. The number of carbonyl (C=O) groups excluding carboxylic acids is 1. The number of esters is 1. The third kappa shape index (κ3) is 7.99. The average molecular weight is 484 g/mol. The van der Waals surface area contributed by atoms with E-state index in [0.29, 0.717) is 23.6 Å². The minimum atomic E-state index is -0.734. The van der Waals surface area contributed by atoms with Gasteiger partial charge < -0.3 is 19.9 Å². The van der Waals surface area contributed by atoms with Gasteiger partial charge in [0, 0.05) is 23.7 Å². The lowest BCUT2D eigenvalue weighted by Gasteiger charge is -2.31. The molecule has 2 aromatic rings. The van der Waals surface area contributed by atoms with Crippen molar-refractivity contribution in [3.05, 3.63) is 76.6 Å². The number of halogens is 1. The zero-order valence-electron chi connectivity index (χ0n) is 21.2. The molecule has 0 aromatic heterocycles. The number of carbonyl (C=O) groups is 1. The highest BCUT2D eigenvalue weighted by Gasteiger charge is 2.28. The Morgan fingerprint density at radius 1 is 1.20 bits per heavy atom. The molecule has 5 nitrogen and oxygen atoms in total. The molecule has 3 rings (SSSR count). The van der Waals surface area contributed by atoms with E-state index in [-0.39, 0.29) is 18.8 Å². The highest BCUT2D eigenvalue weighted by Crippen LogP contribution is 2.32. The van der Waals surface area contributed by atoms with E-state index >= 15 is 0 Å². The maximum atomic E-state index is 14.6. The molecule has 6 heteroatoms. The Bertz CT molecular complexity index is 994. The van der Waals surface area contributed by atoms with Crippen molar-refractivity contribution in [2.24, 2.45) is 5.92 Å². The smallest absolute Gasteiger partial charge is 0.330 e. The number of β-amino-alcohol motifs (C(OH)–C–C–N with tert-alkyl or cyclic N) is 1. The summed E-state index contributed by atoms with van der Waals surface area (Å²) < 4.78 is 25.3. The van der Waals surface area contributed by atoms with Gasteiger partial charge >= 0.3 is 5.97 Å². The number of aliphatic hydroxyl groups excluding tert-OH is 1. The van der Waals surface area contributed by atoms with E-state index in [4.69, 9.17) is 9.47 Å². The van der Waals surface area contributed by atoms with E-state index in [1.165, 1.54) is 29.3 Å². The minimum absolute atomic E-state index is 0.0640. The van der Waals surface area contributed by atoms with Crippen LogP contribution in [0.15, 0.2) is 48.5 Å². The van der Waals surface area contributed by atoms with E-state index in [1.807, 2.05) is 0 Å². The van der Waals surface area contributed by atoms with Crippen LogP contribution in [0.3, 0.4) is 0 Å². The molecule has 0 spiro atoms. The Labute approximate surface area is 208 Å². The molecule has 0 saturated heterocycles. The highest BCUT2D eigenvalue weighted by atomic mass is 19.1. The van der Waals surface area contributed by atoms with Crippen molar-refractivity contribution in [3.8, 4) is 0 Å². The molecule has 190 valence electrons. The lowest BCUT2D eigenvalue weighted by molar-refractivity contribution is -0.137. The first kappa shape index (κ1) is 27.1. The largest absolute Gasteiger partial charge is 0.463 e. The van der Waals surface area contributed by atoms with Crippen LogP contribution >= 0.6 is 0 Å². The lowest BCUT2D eigenvalue weighted by Crippen LogP contribution is -2.45. The Morgan fingerprint density at radius 2 is 1.89 bits per heavy atom. The Kier molecular flexibility index (Phi) is 9.61. The van der Waals surface area contributed by atoms with Crippen LogP contribution in [0.1, 0.15) is 62.5 Å². The van der Waals surface area contributed by atoms with Crippen molar-refractivity contribution in [2.75, 3.05) is 19.8 Å². The number of ether oxygens (including phenoxy) is 2. The quantitative estimate of drug-likeness (QED) is 0.328. The highest BCUT2D eigenvalue weighted by molar-refractivity contribution is 5.87. The molecule has 0 radical (unpaired) electrons. The van der Waals surface area contributed by atoms with Gasteiger partial charge in [-0.15, -0.1) is 0 Å². The third-order valence-electron chi connectivity index (χ3n) is 6.47. The fourth-order valence-electron chi connectivity index (χ4n) is 4.86. The molecular formula is C29H38FNO4. The number of hydrogen-bond donors (Lipinski definition) is 2. The van der Waals surface area contributed by atoms with Gasteiger partial charge in [0.1, 0.15) is 5.82 Å². The minimum Gasteiger partial charge on any atom is -0.463 e. The van der Waals surface area contributed by atoms with Gasteiger partial charge in [0.15, 0.2) is 0 Å². The second kappa shape index (κ2) is 12.4. The molecule has 0 amide bonds. The van der Waals surface area contributed by atoms with Gasteiger partial charge in [0.25, 0.3) is 0 Å². The fraction of sp³-hybridized carbons (Fsp3) is 0.483. The van der Waals surface area contributed by atoms with Crippen LogP contribution in [0.5, 0.6) is 0 Å². The van der Waals surface area contributed by atoms with E-state index in [9.17, 15) is 14.3 Å².